The monoisotopic (exact) mass is 266 g/mol. The first-order valence-electron chi connectivity index (χ1n) is 4.30. The number of alkyl halides is 5. The summed E-state index contributed by atoms with van der Waals surface area (Å²) in [5.74, 6) is -5.18. The van der Waals surface area contributed by atoms with Gasteiger partial charge in [-0.1, -0.05) is 0 Å². The lowest BCUT2D eigenvalue weighted by atomic mass is 10.2. The smallest absolute Gasteiger partial charge is 0.453 e. The van der Waals surface area contributed by atoms with E-state index in [1.807, 2.05) is 0 Å². The maximum atomic E-state index is 12.4. The van der Waals surface area contributed by atoms with E-state index in [0.717, 1.165) is 11.8 Å². The number of carbonyl (C=O) groups is 1. The van der Waals surface area contributed by atoms with Crippen molar-refractivity contribution in [2.45, 2.75) is 24.9 Å². The molecular weight excluding hydrogens is 255 g/mol. The van der Waals surface area contributed by atoms with Crippen LogP contribution in [0.25, 0.3) is 0 Å². The fourth-order valence-corrected chi connectivity index (χ4v) is 1.53. The van der Waals surface area contributed by atoms with Gasteiger partial charge in [-0.2, -0.15) is 33.7 Å². The van der Waals surface area contributed by atoms with E-state index in [1.54, 1.807) is 0 Å². The van der Waals surface area contributed by atoms with Gasteiger partial charge in [0.25, 0.3) is 0 Å². The highest BCUT2D eigenvalue weighted by Crippen LogP contribution is 2.38. The molecule has 0 N–H and O–H groups in total. The Morgan fingerprint density at radius 3 is 2.25 bits per heavy atom. The molecule has 0 saturated carbocycles. The molecule has 0 amide bonds. The molecule has 0 aliphatic rings. The van der Waals surface area contributed by atoms with Gasteiger partial charge in [0.2, 0.25) is 0 Å². The molecule has 0 saturated heterocycles. The van der Waals surface area contributed by atoms with E-state index in [2.05, 4.69) is 4.74 Å². The lowest BCUT2D eigenvalue weighted by Gasteiger charge is -2.18. The van der Waals surface area contributed by atoms with Crippen LogP contribution in [0.1, 0.15) is 12.8 Å². The Bertz CT molecular complexity index is 229. The molecule has 0 spiro atoms. The molecule has 0 aromatic carbocycles. The molecule has 0 radical (unpaired) electrons. The van der Waals surface area contributed by atoms with E-state index in [-0.39, 0.29) is 17.9 Å². The first-order chi connectivity index (χ1) is 7.20. The van der Waals surface area contributed by atoms with Crippen molar-refractivity contribution in [2.75, 3.05) is 18.6 Å². The second-order valence-corrected chi connectivity index (χ2v) is 4.04. The molecule has 8 heteroatoms. The maximum absolute atomic E-state index is 12.4. The molecule has 16 heavy (non-hydrogen) atoms. The predicted molar refractivity (Wildman–Crippen MR) is 49.6 cm³/mol. The standard InChI is InChI=1S/C8H11F5O2S/c1-15-6(14)5-16-4-2-3-7(9,10)8(11,12)13/h2-5H2,1H3. The highest BCUT2D eigenvalue weighted by atomic mass is 32.2. The highest BCUT2D eigenvalue weighted by Gasteiger charge is 2.56. The van der Waals surface area contributed by atoms with Gasteiger partial charge < -0.3 is 4.74 Å². The molecule has 0 aromatic heterocycles. The quantitative estimate of drug-likeness (QED) is 0.420. The third-order valence-electron chi connectivity index (χ3n) is 1.64. The lowest BCUT2D eigenvalue weighted by Crippen LogP contribution is -2.36. The molecule has 0 unspecified atom stereocenters. The Morgan fingerprint density at radius 2 is 1.81 bits per heavy atom. The molecule has 0 rings (SSSR count). The van der Waals surface area contributed by atoms with E-state index < -0.39 is 24.5 Å². The van der Waals surface area contributed by atoms with E-state index in [4.69, 9.17) is 0 Å². The third-order valence-corrected chi connectivity index (χ3v) is 2.66. The van der Waals surface area contributed by atoms with E-state index >= 15 is 0 Å². The molecule has 2 nitrogen and oxygen atoms in total. The number of halogens is 5. The van der Waals surface area contributed by atoms with Gasteiger partial charge in [0.05, 0.1) is 12.9 Å². The third kappa shape index (κ3) is 5.53. The van der Waals surface area contributed by atoms with E-state index in [0.29, 0.717) is 0 Å². The number of esters is 1. The predicted octanol–water partition coefficient (Wildman–Crippen LogP) is 2.87. The Kier molecular flexibility index (Phi) is 6.06. The molecular formula is C8H11F5O2S. The van der Waals surface area contributed by atoms with Gasteiger partial charge in [0, 0.05) is 6.42 Å². The zero-order valence-corrected chi connectivity index (χ0v) is 9.26. The molecule has 0 aliphatic heterocycles. The molecule has 0 atom stereocenters. The summed E-state index contributed by atoms with van der Waals surface area (Å²) in [6.45, 7) is 0. The van der Waals surface area contributed by atoms with E-state index in [1.165, 1.54) is 7.11 Å². The minimum atomic E-state index is -5.50. The molecule has 0 fully saturated rings. The first-order valence-corrected chi connectivity index (χ1v) is 5.45. The lowest BCUT2D eigenvalue weighted by molar-refractivity contribution is -0.284. The molecule has 96 valence electrons. The molecule has 0 aliphatic carbocycles. The summed E-state index contributed by atoms with van der Waals surface area (Å²) in [6.07, 6.45) is -7.07. The Labute approximate surface area is 93.5 Å². The number of thioether (sulfide) groups is 1. The van der Waals surface area contributed by atoms with Crippen molar-refractivity contribution in [2.24, 2.45) is 0 Å². The fraction of sp³-hybridized carbons (Fsp3) is 0.875. The minimum absolute atomic E-state index is 0.0475. The molecule has 0 heterocycles. The summed E-state index contributed by atoms with van der Waals surface area (Å²) in [5, 5.41) is 0. The highest BCUT2D eigenvalue weighted by molar-refractivity contribution is 7.99. The summed E-state index contributed by atoms with van der Waals surface area (Å²) in [6, 6.07) is 0. The number of methoxy groups -OCH3 is 1. The van der Waals surface area contributed by atoms with Crippen LogP contribution in [0.3, 0.4) is 0 Å². The number of ether oxygens (including phenoxy) is 1. The van der Waals surface area contributed by atoms with Gasteiger partial charge >= 0.3 is 18.1 Å². The normalized spacial score (nSPS) is 12.6. The maximum Gasteiger partial charge on any atom is 0.453 e. The summed E-state index contributed by atoms with van der Waals surface area (Å²) >= 11 is 0.962. The van der Waals surface area contributed by atoms with E-state index in [9.17, 15) is 26.7 Å². The Balaban J connectivity index is 3.71. The summed E-state index contributed by atoms with van der Waals surface area (Å²) in [5.41, 5.74) is 0. The van der Waals surface area contributed by atoms with Crippen molar-refractivity contribution >= 4 is 17.7 Å². The zero-order valence-electron chi connectivity index (χ0n) is 8.44. The fourth-order valence-electron chi connectivity index (χ4n) is 0.752. The van der Waals surface area contributed by atoms with Crippen molar-refractivity contribution in [1.82, 2.24) is 0 Å². The van der Waals surface area contributed by atoms with Crippen molar-refractivity contribution in [3.05, 3.63) is 0 Å². The average Bonchev–Trinajstić information content (AvgIpc) is 2.15. The van der Waals surface area contributed by atoms with Crippen molar-refractivity contribution in [3.63, 3.8) is 0 Å². The van der Waals surface area contributed by atoms with Crippen molar-refractivity contribution in [3.8, 4) is 0 Å². The van der Waals surface area contributed by atoms with Gasteiger partial charge in [-0.3, -0.25) is 4.79 Å². The van der Waals surface area contributed by atoms with Crippen LogP contribution in [-0.2, 0) is 9.53 Å². The SMILES string of the molecule is COC(=O)CSCCCC(F)(F)C(F)(F)F. The minimum Gasteiger partial charge on any atom is -0.468 e. The summed E-state index contributed by atoms with van der Waals surface area (Å²) in [4.78, 5) is 10.6. The van der Waals surface area contributed by atoms with Crippen LogP contribution in [-0.4, -0.2) is 36.7 Å². The molecule has 0 aromatic rings. The number of carbonyl (C=O) groups excluding carboxylic acids is 1. The van der Waals surface area contributed by atoms with Gasteiger partial charge in [0.15, 0.2) is 0 Å². The first kappa shape index (κ1) is 15.5. The topological polar surface area (TPSA) is 26.3 Å². The van der Waals surface area contributed by atoms with Gasteiger partial charge in [-0.05, 0) is 12.2 Å². The van der Waals surface area contributed by atoms with Crippen LogP contribution in [0.2, 0.25) is 0 Å². The van der Waals surface area contributed by atoms with Crippen molar-refractivity contribution < 1.29 is 31.5 Å². The number of hydrogen-bond donors (Lipinski definition) is 0. The average molecular weight is 266 g/mol. The molecule has 0 bridgehead atoms. The van der Waals surface area contributed by atoms with Gasteiger partial charge in [0.1, 0.15) is 0 Å². The Hall–Kier alpha value is -0.530. The zero-order chi connectivity index (χ0) is 12.8. The van der Waals surface area contributed by atoms with Crippen LogP contribution >= 0.6 is 11.8 Å². The van der Waals surface area contributed by atoms with Crippen LogP contribution in [0.4, 0.5) is 22.0 Å². The number of hydrogen-bond acceptors (Lipinski definition) is 3. The second-order valence-electron chi connectivity index (χ2n) is 2.93. The Morgan fingerprint density at radius 1 is 1.25 bits per heavy atom. The van der Waals surface area contributed by atoms with Crippen LogP contribution in [0, 0.1) is 0 Å². The van der Waals surface area contributed by atoms with Crippen molar-refractivity contribution in [1.29, 1.82) is 0 Å². The summed E-state index contributed by atoms with van der Waals surface area (Å²) < 4.78 is 64.1. The second kappa shape index (κ2) is 6.27. The van der Waals surface area contributed by atoms with Crippen LogP contribution in [0.5, 0.6) is 0 Å². The van der Waals surface area contributed by atoms with Crippen LogP contribution < -0.4 is 0 Å². The summed E-state index contributed by atoms with van der Waals surface area (Å²) in [7, 11) is 1.17. The van der Waals surface area contributed by atoms with Gasteiger partial charge in [-0.25, -0.2) is 0 Å². The van der Waals surface area contributed by atoms with Gasteiger partial charge in [-0.15, -0.1) is 0 Å². The van der Waals surface area contributed by atoms with Crippen LogP contribution in [0.15, 0.2) is 0 Å². The number of rotatable bonds is 6. The largest absolute Gasteiger partial charge is 0.468 e.